The van der Waals surface area contributed by atoms with Crippen molar-refractivity contribution in [3.63, 3.8) is 0 Å². The maximum atomic E-state index is 13.0. The van der Waals surface area contributed by atoms with Crippen molar-refractivity contribution in [2.75, 3.05) is 31.1 Å². The van der Waals surface area contributed by atoms with E-state index in [2.05, 4.69) is 15.2 Å². The molecule has 1 aliphatic rings. The first-order valence-corrected chi connectivity index (χ1v) is 9.33. The van der Waals surface area contributed by atoms with E-state index in [1.807, 2.05) is 36.9 Å². The van der Waals surface area contributed by atoms with E-state index in [1.165, 1.54) is 6.26 Å². The number of nitrogens with one attached hydrogen (secondary N) is 1. The largest absolute Gasteiger partial charge is 0.459 e. The molecule has 1 N–H and O–H groups in total. The Kier molecular flexibility index (Phi) is 6.11. The summed E-state index contributed by atoms with van der Waals surface area (Å²) in [6.07, 6.45) is 3.81. The average Bonchev–Trinajstić information content (AvgIpc) is 3.22. The fourth-order valence-electron chi connectivity index (χ4n) is 3.25. The number of aromatic nitrogens is 1. The van der Waals surface area contributed by atoms with Gasteiger partial charge in [-0.3, -0.25) is 9.59 Å². The fourth-order valence-corrected chi connectivity index (χ4v) is 3.25. The van der Waals surface area contributed by atoms with Gasteiger partial charge in [0.15, 0.2) is 5.76 Å². The number of carbonyl (C=O) groups excluding carboxylic acids is 2. The number of piperazine rings is 1. The minimum absolute atomic E-state index is 0.0377. The smallest absolute Gasteiger partial charge is 0.287 e. The Labute approximate surface area is 159 Å². The molecule has 2 amide bonds. The van der Waals surface area contributed by atoms with Crippen LogP contribution < -0.4 is 10.2 Å². The number of rotatable bonds is 6. The Morgan fingerprint density at radius 1 is 1.15 bits per heavy atom. The molecule has 3 heterocycles. The van der Waals surface area contributed by atoms with Gasteiger partial charge in [-0.1, -0.05) is 19.9 Å². The molecular weight excluding hydrogens is 344 g/mol. The lowest BCUT2D eigenvalue weighted by atomic mass is 10.0. The molecule has 27 heavy (non-hydrogen) atoms. The molecule has 0 spiro atoms. The lowest BCUT2D eigenvalue weighted by Crippen LogP contribution is -2.55. The number of furan rings is 1. The second-order valence-electron chi connectivity index (χ2n) is 7.13. The zero-order valence-corrected chi connectivity index (χ0v) is 15.8. The molecule has 0 bridgehead atoms. The highest BCUT2D eigenvalue weighted by atomic mass is 16.3. The van der Waals surface area contributed by atoms with E-state index >= 15 is 0 Å². The normalized spacial score (nSPS) is 15.7. The third-order valence-corrected chi connectivity index (χ3v) is 4.62. The van der Waals surface area contributed by atoms with Crippen molar-refractivity contribution in [2.45, 2.75) is 26.3 Å². The summed E-state index contributed by atoms with van der Waals surface area (Å²) in [4.78, 5) is 33.7. The summed E-state index contributed by atoms with van der Waals surface area (Å²) < 4.78 is 5.14. The Bertz CT molecular complexity index is 738. The predicted octanol–water partition coefficient (Wildman–Crippen LogP) is 2.17. The zero-order valence-electron chi connectivity index (χ0n) is 15.8. The van der Waals surface area contributed by atoms with E-state index in [-0.39, 0.29) is 23.5 Å². The molecule has 7 nitrogen and oxygen atoms in total. The lowest BCUT2D eigenvalue weighted by Gasteiger charge is -2.37. The van der Waals surface area contributed by atoms with E-state index in [1.54, 1.807) is 18.3 Å². The number of amides is 2. The number of hydrogen-bond acceptors (Lipinski definition) is 5. The van der Waals surface area contributed by atoms with Gasteiger partial charge in [0.05, 0.1) is 6.26 Å². The molecule has 1 unspecified atom stereocenters. The van der Waals surface area contributed by atoms with Crippen molar-refractivity contribution in [3.05, 3.63) is 48.6 Å². The third-order valence-electron chi connectivity index (χ3n) is 4.62. The molecule has 1 aliphatic heterocycles. The molecule has 1 saturated heterocycles. The summed E-state index contributed by atoms with van der Waals surface area (Å²) >= 11 is 0. The van der Waals surface area contributed by atoms with Crippen molar-refractivity contribution < 1.29 is 14.0 Å². The van der Waals surface area contributed by atoms with Gasteiger partial charge in [0.25, 0.3) is 5.91 Å². The summed E-state index contributed by atoms with van der Waals surface area (Å²) in [5, 5.41) is 2.84. The quantitative estimate of drug-likeness (QED) is 0.843. The second kappa shape index (κ2) is 8.70. The van der Waals surface area contributed by atoms with E-state index in [0.29, 0.717) is 19.5 Å². The van der Waals surface area contributed by atoms with Crippen molar-refractivity contribution in [1.29, 1.82) is 0 Å². The second-order valence-corrected chi connectivity index (χ2v) is 7.13. The van der Waals surface area contributed by atoms with E-state index in [0.717, 1.165) is 18.9 Å². The lowest BCUT2D eigenvalue weighted by molar-refractivity contribution is -0.134. The van der Waals surface area contributed by atoms with Gasteiger partial charge in [0.1, 0.15) is 11.9 Å². The van der Waals surface area contributed by atoms with Crippen LogP contribution in [-0.4, -0.2) is 53.9 Å². The zero-order chi connectivity index (χ0) is 19.2. The molecule has 0 radical (unpaired) electrons. The summed E-state index contributed by atoms with van der Waals surface area (Å²) in [7, 11) is 0. The molecule has 1 fully saturated rings. The molecule has 2 aromatic rings. The Balaban J connectivity index is 1.61. The van der Waals surface area contributed by atoms with Gasteiger partial charge < -0.3 is 19.5 Å². The Morgan fingerprint density at radius 3 is 2.52 bits per heavy atom. The summed E-state index contributed by atoms with van der Waals surface area (Å²) in [6, 6.07) is 8.53. The first kappa shape index (κ1) is 18.9. The predicted molar refractivity (Wildman–Crippen MR) is 102 cm³/mol. The standard InChI is InChI=1S/C20H26N4O3/c1-15(2)14-16(22-19(25)17-6-5-13-27-17)20(26)24-11-9-23(10-12-24)18-7-3-4-8-21-18/h3-8,13,15-16H,9-12,14H2,1-2H3,(H,22,25). The number of hydrogen-bond donors (Lipinski definition) is 1. The number of nitrogens with zero attached hydrogens (tertiary/aromatic N) is 3. The molecule has 0 aromatic carbocycles. The first-order valence-electron chi connectivity index (χ1n) is 9.33. The highest BCUT2D eigenvalue weighted by Gasteiger charge is 2.30. The minimum Gasteiger partial charge on any atom is -0.459 e. The first-order chi connectivity index (χ1) is 13.0. The van der Waals surface area contributed by atoms with Gasteiger partial charge >= 0.3 is 0 Å². The van der Waals surface area contributed by atoms with Crippen LogP contribution in [0, 0.1) is 5.92 Å². The highest BCUT2D eigenvalue weighted by molar-refractivity contribution is 5.95. The number of pyridine rings is 1. The van der Waals surface area contributed by atoms with Crippen LogP contribution in [0.2, 0.25) is 0 Å². The van der Waals surface area contributed by atoms with Crippen LogP contribution in [0.3, 0.4) is 0 Å². The van der Waals surface area contributed by atoms with E-state index in [9.17, 15) is 9.59 Å². The van der Waals surface area contributed by atoms with E-state index in [4.69, 9.17) is 4.42 Å². The highest BCUT2D eigenvalue weighted by Crippen LogP contribution is 2.15. The summed E-state index contributed by atoms with van der Waals surface area (Å²) in [5.41, 5.74) is 0. The van der Waals surface area contributed by atoms with Crippen molar-refractivity contribution in [2.24, 2.45) is 5.92 Å². The maximum Gasteiger partial charge on any atom is 0.287 e. The summed E-state index contributed by atoms with van der Waals surface area (Å²) in [6.45, 7) is 6.75. The molecule has 3 rings (SSSR count). The van der Waals surface area contributed by atoms with Crippen LogP contribution >= 0.6 is 0 Å². The SMILES string of the molecule is CC(C)CC(NC(=O)c1ccco1)C(=O)N1CCN(c2ccccn2)CC1. The molecule has 1 atom stereocenters. The van der Waals surface area contributed by atoms with Gasteiger partial charge in [0.2, 0.25) is 5.91 Å². The molecule has 0 aliphatic carbocycles. The molecule has 2 aromatic heterocycles. The number of carbonyl (C=O) groups is 2. The number of anilines is 1. The van der Waals surface area contributed by atoms with Crippen LogP contribution in [0.5, 0.6) is 0 Å². The Hall–Kier alpha value is -2.83. The topological polar surface area (TPSA) is 78.7 Å². The molecule has 144 valence electrons. The summed E-state index contributed by atoms with van der Waals surface area (Å²) in [5.74, 6) is 1.03. The van der Waals surface area contributed by atoms with Crippen LogP contribution in [0.4, 0.5) is 5.82 Å². The van der Waals surface area contributed by atoms with Gasteiger partial charge in [0, 0.05) is 32.4 Å². The maximum absolute atomic E-state index is 13.0. The van der Waals surface area contributed by atoms with Crippen molar-refractivity contribution in [3.8, 4) is 0 Å². The van der Waals surface area contributed by atoms with Crippen LogP contribution in [0.1, 0.15) is 30.8 Å². The van der Waals surface area contributed by atoms with Crippen molar-refractivity contribution >= 4 is 17.6 Å². The van der Waals surface area contributed by atoms with Crippen LogP contribution in [0.15, 0.2) is 47.2 Å². The fraction of sp³-hybridized carbons (Fsp3) is 0.450. The van der Waals surface area contributed by atoms with Gasteiger partial charge in [-0.2, -0.15) is 0 Å². The van der Waals surface area contributed by atoms with Crippen LogP contribution in [-0.2, 0) is 4.79 Å². The monoisotopic (exact) mass is 370 g/mol. The average molecular weight is 370 g/mol. The molecule has 0 saturated carbocycles. The van der Waals surface area contributed by atoms with E-state index < -0.39 is 6.04 Å². The van der Waals surface area contributed by atoms with Gasteiger partial charge in [-0.25, -0.2) is 4.98 Å². The van der Waals surface area contributed by atoms with Crippen LogP contribution in [0.25, 0.3) is 0 Å². The third kappa shape index (κ3) is 4.87. The van der Waals surface area contributed by atoms with Gasteiger partial charge in [-0.15, -0.1) is 0 Å². The van der Waals surface area contributed by atoms with Gasteiger partial charge in [-0.05, 0) is 36.6 Å². The molecule has 7 heteroatoms. The van der Waals surface area contributed by atoms with Crippen molar-refractivity contribution in [1.82, 2.24) is 15.2 Å². The Morgan fingerprint density at radius 2 is 1.93 bits per heavy atom. The minimum atomic E-state index is -0.552. The molecular formula is C20H26N4O3.